The molecule has 0 amide bonds. The molecule has 0 saturated heterocycles. The molecule has 1 aromatic rings. The summed E-state index contributed by atoms with van der Waals surface area (Å²) >= 11 is 8.80. The average Bonchev–Trinajstić information content (AvgIpc) is 2.26. The first kappa shape index (κ1) is 13.6. The molecule has 1 atom stereocenters. The summed E-state index contributed by atoms with van der Waals surface area (Å²) in [5, 5.41) is 0. The maximum Gasteiger partial charge on any atom is 0.264 e. The van der Waals surface area contributed by atoms with Gasteiger partial charge in [-0.05, 0) is 18.1 Å². The fraction of sp³-hybridized carbons (Fsp3) is 0.364. The summed E-state index contributed by atoms with van der Waals surface area (Å²) in [4.78, 5) is 10.5. The van der Waals surface area contributed by atoms with Crippen molar-refractivity contribution in [3.05, 3.63) is 34.9 Å². The number of benzene rings is 1. The van der Waals surface area contributed by atoms with Crippen molar-refractivity contribution < 1.29 is 13.6 Å². The normalized spacial score (nSPS) is 12.9. The van der Waals surface area contributed by atoms with Crippen LogP contribution in [0.1, 0.15) is 34.9 Å². The van der Waals surface area contributed by atoms with Crippen LogP contribution in [0, 0.1) is 0 Å². The zero-order chi connectivity index (χ0) is 12.3. The minimum atomic E-state index is -2.61. The Balaban J connectivity index is 3.35. The third kappa shape index (κ3) is 2.80. The van der Waals surface area contributed by atoms with Crippen LogP contribution in [0.2, 0.25) is 0 Å². The van der Waals surface area contributed by atoms with E-state index in [0.29, 0.717) is 11.1 Å². The second-order valence-electron chi connectivity index (χ2n) is 3.33. The molecule has 5 heteroatoms. The van der Waals surface area contributed by atoms with Gasteiger partial charge in [-0.15, -0.1) is 11.6 Å². The summed E-state index contributed by atoms with van der Waals surface area (Å²) in [6.45, 7) is 1.35. The molecule has 0 aromatic heterocycles. The fourth-order valence-corrected chi connectivity index (χ4v) is 2.24. The molecule has 0 aliphatic heterocycles. The highest BCUT2D eigenvalue weighted by molar-refractivity contribution is 9.09. The summed E-state index contributed by atoms with van der Waals surface area (Å²) in [7, 11) is 0. The smallest absolute Gasteiger partial charge is 0.264 e. The van der Waals surface area contributed by atoms with E-state index in [1.807, 2.05) is 0 Å². The van der Waals surface area contributed by atoms with Gasteiger partial charge in [-0.1, -0.05) is 34.1 Å². The molecule has 0 spiro atoms. The number of halogens is 4. The summed E-state index contributed by atoms with van der Waals surface area (Å²) < 4.78 is 25.6. The van der Waals surface area contributed by atoms with E-state index >= 15 is 0 Å². The van der Waals surface area contributed by atoms with E-state index in [1.54, 1.807) is 6.07 Å². The van der Waals surface area contributed by atoms with Crippen LogP contribution in [0.3, 0.4) is 0 Å². The van der Waals surface area contributed by atoms with Gasteiger partial charge in [0.25, 0.3) is 6.43 Å². The van der Waals surface area contributed by atoms with Gasteiger partial charge < -0.3 is 0 Å². The molecule has 1 rings (SSSR count). The maximum atomic E-state index is 12.8. The maximum absolute atomic E-state index is 12.8. The number of alkyl halides is 4. The molecule has 0 radical (unpaired) electrons. The van der Waals surface area contributed by atoms with Gasteiger partial charge in [0, 0.05) is 11.4 Å². The monoisotopic (exact) mass is 310 g/mol. The van der Waals surface area contributed by atoms with Crippen molar-refractivity contribution in [1.82, 2.24) is 0 Å². The molecule has 0 fully saturated rings. The Morgan fingerprint density at radius 1 is 1.50 bits per heavy atom. The Kier molecular flexibility index (Phi) is 4.87. The van der Waals surface area contributed by atoms with Crippen molar-refractivity contribution >= 4 is 33.3 Å². The first-order valence-corrected chi connectivity index (χ1v) is 6.04. The third-order valence-electron chi connectivity index (χ3n) is 2.22. The van der Waals surface area contributed by atoms with E-state index in [-0.39, 0.29) is 17.2 Å². The number of hydrogen-bond acceptors (Lipinski definition) is 1. The van der Waals surface area contributed by atoms with Gasteiger partial charge in [-0.25, -0.2) is 8.78 Å². The molecule has 0 heterocycles. The van der Waals surface area contributed by atoms with Crippen molar-refractivity contribution in [3.8, 4) is 0 Å². The first-order chi connectivity index (χ1) is 7.49. The van der Waals surface area contributed by atoms with Gasteiger partial charge in [0.15, 0.2) is 0 Å². The molecule has 0 bridgehead atoms. The fourth-order valence-electron chi connectivity index (χ4n) is 1.45. The molecule has 0 aliphatic rings. The molecular weight excluding hydrogens is 301 g/mol. The molecule has 0 saturated carbocycles. The molecule has 88 valence electrons. The summed E-state index contributed by atoms with van der Waals surface area (Å²) in [5.41, 5.74) is 0.701. The van der Waals surface area contributed by atoms with Crippen LogP contribution in [0.25, 0.3) is 0 Å². The Hall–Kier alpha value is -0.480. The van der Waals surface area contributed by atoms with Crippen LogP contribution < -0.4 is 0 Å². The Morgan fingerprint density at radius 2 is 2.12 bits per heavy atom. The van der Waals surface area contributed by atoms with E-state index < -0.39 is 11.3 Å². The number of hydrogen-bond donors (Lipinski definition) is 0. The van der Waals surface area contributed by atoms with Crippen LogP contribution in [0.4, 0.5) is 8.78 Å². The first-order valence-electron chi connectivity index (χ1n) is 4.59. The lowest BCUT2D eigenvalue weighted by atomic mass is 9.97. The second-order valence-corrected chi connectivity index (χ2v) is 4.51. The third-order valence-corrected chi connectivity index (χ3v) is 3.61. The minimum absolute atomic E-state index is 0.102. The lowest BCUT2D eigenvalue weighted by Gasteiger charge is -2.16. The Morgan fingerprint density at radius 3 is 2.56 bits per heavy atom. The van der Waals surface area contributed by atoms with Crippen molar-refractivity contribution in [1.29, 1.82) is 0 Å². The van der Waals surface area contributed by atoms with Gasteiger partial charge >= 0.3 is 0 Å². The average molecular weight is 312 g/mol. The predicted molar refractivity (Wildman–Crippen MR) is 63.3 cm³/mol. The molecule has 0 aliphatic carbocycles. The quantitative estimate of drug-likeness (QED) is 0.754. The van der Waals surface area contributed by atoms with Gasteiger partial charge in [-0.2, -0.15) is 0 Å². The van der Waals surface area contributed by atoms with Gasteiger partial charge in [0.05, 0.1) is 4.83 Å². The molecule has 1 nitrogen and oxygen atoms in total. The number of Topliss-reactive ketones (excluding diaryl/α,β-unsaturated/α-hetero) is 1. The topological polar surface area (TPSA) is 17.1 Å². The van der Waals surface area contributed by atoms with E-state index in [1.165, 1.54) is 19.1 Å². The van der Waals surface area contributed by atoms with Gasteiger partial charge in [0.2, 0.25) is 0 Å². The van der Waals surface area contributed by atoms with Crippen molar-refractivity contribution in [2.45, 2.75) is 24.1 Å². The number of rotatable bonds is 4. The minimum Gasteiger partial charge on any atom is -0.298 e. The van der Waals surface area contributed by atoms with Crippen LogP contribution >= 0.6 is 27.5 Å². The van der Waals surface area contributed by atoms with Gasteiger partial charge in [0.1, 0.15) is 5.78 Å². The molecule has 1 aromatic carbocycles. The summed E-state index contributed by atoms with van der Waals surface area (Å²) in [5.74, 6) is -0.120. The van der Waals surface area contributed by atoms with Crippen LogP contribution in [0.15, 0.2) is 18.2 Å². The SMILES string of the molecule is CC(=O)C(Br)c1c(CCl)cccc1C(F)F. The van der Waals surface area contributed by atoms with E-state index in [4.69, 9.17) is 11.6 Å². The summed E-state index contributed by atoms with van der Waals surface area (Å²) in [6.07, 6.45) is -2.61. The van der Waals surface area contributed by atoms with E-state index in [0.717, 1.165) is 0 Å². The highest BCUT2D eigenvalue weighted by atomic mass is 79.9. The summed E-state index contributed by atoms with van der Waals surface area (Å²) in [6, 6.07) is 4.47. The van der Waals surface area contributed by atoms with Crippen molar-refractivity contribution in [2.24, 2.45) is 0 Å². The standard InChI is InChI=1S/C11H10BrClF2O/c1-6(16)10(12)9-7(5-13)3-2-4-8(9)11(14)15/h2-4,10-11H,5H2,1H3. The second kappa shape index (κ2) is 5.73. The van der Waals surface area contributed by atoms with Crippen LogP contribution in [-0.2, 0) is 10.7 Å². The van der Waals surface area contributed by atoms with E-state index in [2.05, 4.69) is 15.9 Å². The molecule has 16 heavy (non-hydrogen) atoms. The Bertz CT molecular complexity index is 396. The van der Waals surface area contributed by atoms with Gasteiger partial charge in [-0.3, -0.25) is 4.79 Å². The zero-order valence-corrected chi connectivity index (χ0v) is 10.9. The van der Waals surface area contributed by atoms with Crippen LogP contribution in [-0.4, -0.2) is 5.78 Å². The van der Waals surface area contributed by atoms with E-state index in [9.17, 15) is 13.6 Å². The predicted octanol–water partition coefficient (Wildman–Crippen LogP) is 4.39. The number of ketones is 1. The highest BCUT2D eigenvalue weighted by Gasteiger charge is 2.23. The largest absolute Gasteiger partial charge is 0.298 e. The van der Waals surface area contributed by atoms with Crippen molar-refractivity contribution in [3.63, 3.8) is 0 Å². The molecular formula is C11H10BrClF2O. The number of carbonyl (C=O) groups excluding carboxylic acids is 1. The van der Waals surface area contributed by atoms with Crippen LogP contribution in [0.5, 0.6) is 0 Å². The van der Waals surface area contributed by atoms with Crippen molar-refractivity contribution in [2.75, 3.05) is 0 Å². The Labute approximate surface area is 106 Å². The highest BCUT2D eigenvalue weighted by Crippen LogP contribution is 2.35. The lowest BCUT2D eigenvalue weighted by Crippen LogP contribution is -2.08. The molecule has 1 unspecified atom stereocenters. The number of carbonyl (C=O) groups is 1. The lowest BCUT2D eigenvalue weighted by molar-refractivity contribution is -0.116. The zero-order valence-electron chi connectivity index (χ0n) is 8.51. The molecule has 0 N–H and O–H groups in total.